The quantitative estimate of drug-likeness (QED) is 0.465. The number of carbonyl (C=O) groups excluding carboxylic acids is 2. The number of carboxylic acid groups (broad SMARTS) is 1. The van der Waals surface area contributed by atoms with Gasteiger partial charge in [-0.1, -0.05) is 0 Å². The number of hydrogen-bond acceptors (Lipinski definition) is 5. The average Bonchev–Trinajstić information content (AvgIpc) is 1.87. The number of nitrogens with one attached hydrogen (secondary N) is 1. The van der Waals surface area contributed by atoms with Crippen molar-refractivity contribution in [1.29, 1.82) is 0 Å². The molecule has 0 saturated heterocycles. The van der Waals surface area contributed by atoms with E-state index in [0.29, 0.717) is 6.61 Å². The third-order valence-electron chi connectivity index (χ3n) is 0.844. The Kier molecular flexibility index (Phi) is 5.10. The fraction of sp³-hybridized carbons (Fsp3) is 0.667. The molecule has 0 heterocycles. The van der Waals surface area contributed by atoms with Gasteiger partial charge in [-0.2, -0.15) is 0 Å². The Morgan fingerprint density at radius 2 is 2.09 bits per heavy atom. The lowest BCUT2D eigenvalue weighted by Crippen LogP contribution is -2.37. The minimum Gasteiger partial charge on any atom is -0.549 e. The molecule has 0 spiro atoms. The van der Waals surface area contributed by atoms with Gasteiger partial charge in [0.2, 0.25) is 0 Å². The molecule has 0 amide bonds. The van der Waals surface area contributed by atoms with Crippen molar-refractivity contribution in [3.05, 3.63) is 0 Å². The molecule has 0 aliphatic carbocycles. The maximum Gasteiger partial charge on any atom is 0.319 e. The van der Waals surface area contributed by atoms with Crippen LogP contribution >= 0.6 is 0 Å². The summed E-state index contributed by atoms with van der Waals surface area (Å²) in [6.45, 7) is 1.54. The third-order valence-corrected chi connectivity index (χ3v) is 0.844. The van der Waals surface area contributed by atoms with Crippen LogP contribution in [-0.4, -0.2) is 31.6 Å². The van der Waals surface area contributed by atoms with E-state index in [2.05, 4.69) is 10.1 Å². The van der Waals surface area contributed by atoms with E-state index in [4.69, 9.17) is 0 Å². The molecular weight excluding hydrogens is 150 g/mol. The van der Waals surface area contributed by atoms with Gasteiger partial charge < -0.3 is 20.0 Å². The second-order valence-corrected chi connectivity index (χ2v) is 1.78. The molecule has 0 radical (unpaired) electrons. The molecule has 11 heavy (non-hydrogen) atoms. The van der Waals surface area contributed by atoms with Crippen LogP contribution in [0.4, 0.5) is 0 Å². The van der Waals surface area contributed by atoms with Gasteiger partial charge >= 0.3 is 5.97 Å². The predicted octanol–water partition coefficient (Wildman–Crippen LogP) is -2.11. The van der Waals surface area contributed by atoms with Crippen LogP contribution < -0.4 is 10.4 Å². The van der Waals surface area contributed by atoms with E-state index in [1.807, 2.05) is 0 Å². The van der Waals surface area contributed by atoms with E-state index < -0.39 is 11.9 Å². The van der Waals surface area contributed by atoms with Crippen LogP contribution in [0.1, 0.15) is 6.92 Å². The summed E-state index contributed by atoms with van der Waals surface area (Å²) in [4.78, 5) is 20.3. The van der Waals surface area contributed by atoms with Crippen molar-refractivity contribution in [2.24, 2.45) is 0 Å². The number of hydrogen-bond donors (Lipinski definition) is 1. The van der Waals surface area contributed by atoms with E-state index in [-0.39, 0.29) is 13.1 Å². The average molecular weight is 160 g/mol. The molecule has 0 saturated carbocycles. The summed E-state index contributed by atoms with van der Waals surface area (Å²) in [7, 11) is 0. The molecule has 0 unspecified atom stereocenters. The zero-order valence-electron chi connectivity index (χ0n) is 6.25. The monoisotopic (exact) mass is 160 g/mol. The molecule has 0 aromatic rings. The Morgan fingerprint density at radius 1 is 1.45 bits per heavy atom. The fourth-order valence-electron chi connectivity index (χ4n) is 0.479. The Balaban J connectivity index is 3.24. The number of aliphatic carboxylic acids is 1. The van der Waals surface area contributed by atoms with Gasteiger partial charge in [0, 0.05) is 6.54 Å². The van der Waals surface area contributed by atoms with Crippen LogP contribution in [0, 0.1) is 0 Å². The Labute approximate surface area is 64.3 Å². The lowest BCUT2D eigenvalue weighted by atomic mass is 10.6. The maximum absolute atomic E-state index is 10.5. The summed E-state index contributed by atoms with van der Waals surface area (Å²) in [6.07, 6.45) is 0. The first-order chi connectivity index (χ1) is 5.16. The fourth-order valence-corrected chi connectivity index (χ4v) is 0.479. The van der Waals surface area contributed by atoms with Gasteiger partial charge in [0.05, 0.1) is 19.1 Å². The van der Waals surface area contributed by atoms with Gasteiger partial charge in [0.15, 0.2) is 0 Å². The van der Waals surface area contributed by atoms with E-state index in [1.54, 1.807) is 6.92 Å². The molecule has 64 valence electrons. The van der Waals surface area contributed by atoms with Crippen molar-refractivity contribution in [2.45, 2.75) is 6.92 Å². The number of carbonyl (C=O) groups is 2. The van der Waals surface area contributed by atoms with Gasteiger partial charge in [-0.05, 0) is 6.92 Å². The molecule has 5 nitrogen and oxygen atoms in total. The molecule has 0 aliphatic rings. The normalized spacial score (nSPS) is 9.18. The zero-order valence-corrected chi connectivity index (χ0v) is 6.25. The SMILES string of the molecule is CCOC(=O)CNCC(=O)[O-]. The standard InChI is InChI=1S/C6H11NO4/c1-2-11-6(10)4-7-3-5(8)9/h7H,2-4H2,1H3,(H,8,9)/p-1. The van der Waals surface area contributed by atoms with Gasteiger partial charge in [-0.3, -0.25) is 4.79 Å². The van der Waals surface area contributed by atoms with Crippen LogP contribution in [0.15, 0.2) is 0 Å². The second-order valence-electron chi connectivity index (χ2n) is 1.78. The Hall–Kier alpha value is -1.10. The van der Waals surface area contributed by atoms with Gasteiger partial charge in [0.25, 0.3) is 0 Å². The number of ether oxygens (including phenoxy) is 1. The van der Waals surface area contributed by atoms with Crippen LogP contribution in [0.2, 0.25) is 0 Å². The second kappa shape index (κ2) is 5.67. The Morgan fingerprint density at radius 3 is 2.55 bits per heavy atom. The van der Waals surface area contributed by atoms with Crippen molar-refractivity contribution < 1.29 is 19.4 Å². The minimum atomic E-state index is -1.24. The summed E-state index contributed by atoms with van der Waals surface area (Å²) in [5.41, 5.74) is 0. The van der Waals surface area contributed by atoms with Crippen LogP contribution in [-0.2, 0) is 14.3 Å². The van der Waals surface area contributed by atoms with Gasteiger partial charge in [-0.15, -0.1) is 0 Å². The summed E-state index contributed by atoms with van der Waals surface area (Å²) in [6, 6.07) is 0. The first-order valence-electron chi connectivity index (χ1n) is 3.23. The van der Waals surface area contributed by atoms with Crippen molar-refractivity contribution in [2.75, 3.05) is 19.7 Å². The largest absolute Gasteiger partial charge is 0.549 e. The van der Waals surface area contributed by atoms with Crippen LogP contribution in [0.25, 0.3) is 0 Å². The summed E-state index contributed by atoms with van der Waals surface area (Å²) < 4.78 is 4.51. The third kappa shape index (κ3) is 6.79. The molecule has 0 bridgehead atoms. The topological polar surface area (TPSA) is 78.5 Å². The molecule has 5 heteroatoms. The molecule has 0 fully saturated rings. The zero-order chi connectivity index (χ0) is 8.69. The summed E-state index contributed by atoms with van der Waals surface area (Å²) in [5.74, 6) is -1.71. The highest BCUT2D eigenvalue weighted by atomic mass is 16.5. The minimum absolute atomic E-state index is 0.0954. The van der Waals surface area contributed by atoms with Crippen LogP contribution in [0.5, 0.6) is 0 Å². The molecule has 0 rings (SSSR count). The number of carboxylic acids is 1. The van der Waals surface area contributed by atoms with Crippen molar-refractivity contribution in [3.8, 4) is 0 Å². The van der Waals surface area contributed by atoms with E-state index in [1.165, 1.54) is 0 Å². The first kappa shape index (κ1) is 9.90. The molecule has 0 aromatic heterocycles. The highest BCUT2D eigenvalue weighted by molar-refractivity contribution is 5.73. The first-order valence-corrected chi connectivity index (χ1v) is 3.23. The highest BCUT2D eigenvalue weighted by Crippen LogP contribution is 1.73. The number of rotatable bonds is 5. The maximum atomic E-state index is 10.5. The van der Waals surface area contributed by atoms with Gasteiger partial charge in [-0.25, -0.2) is 0 Å². The Bertz CT molecular complexity index is 146. The van der Waals surface area contributed by atoms with Crippen molar-refractivity contribution in [1.82, 2.24) is 5.32 Å². The molecule has 0 atom stereocenters. The smallest absolute Gasteiger partial charge is 0.319 e. The molecule has 0 aliphatic heterocycles. The lowest BCUT2D eigenvalue weighted by molar-refractivity contribution is -0.304. The summed E-state index contributed by atoms with van der Waals surface area (Å²) >= 11 is 0. The number of esters is 1. The van der Waals surface area contributed by atoms with Gasteiger partial charge in [0.1, 0.15) is 0 Å². The molecule has 1 N–H and O–H groups in total. The van der Waals surface area contributed by atoms with E-state index in [0.717, 1.165) is 0 Å². The predicted molar refractivity (Wildman–Crippen MR) is 34.5 cm³/mol. The van der Waals surface area contributed by atoms with Crippen molar-refractivity contribution in [3.63, 3.8) is 0 Å². The van der Waals surface area contributed by atoms with Crippen molar-refractivity contribution >= 4 is 11.9 Å². The van der Waals surface area contributed by atoms with E-state index in [9.17, 15) is 14.7 Å². The lowest BCUT2D eigenvalue weighted by Gasteiger charge is -2.03. The highest BCUT2D eigenvalue weighted by Gasteiger charge is 1.98. The molecule has 0 aromatic carbocycles. The summed E-state index contributed by atoms with van der Waals surface area (Å²) in [5, 5.41) is 12.1. The van der Waals surface area contributed by atoms with Crippen LogP contribution in [0.3, 0.4) is 0 Å². The molecular formula is C6H10NO4-. The van der Waals surface area contributed by atoms with E-state index >= 15 is 0 Å².